The molecular formula is C13H12ClNO2. The van der Waals surface area contributed by atoms with E-state index in [-0.39, 0.29) is 0 Å². The number of ketones is 1. The van der Waals surface area contributed by atoms with Gasteiger partial charge in [-0.25, -0.2) is 0 Å². The molecule has 0 bridgehead atoms. The average molecular weight is 250 g/mol. The number of halogens is 1. The van der Waals surface area contributed by atoms with Crippen LogP contribution in [0, 0.1) is 5.92 Å². The number of rotatable bonds is 3. The highest BCUT2D eigenvalue weighted by Gasteiger charge is 2.37. The van der Waals surface area contributed by atoms with E-state index in [1.54, 1.807) is 23.1 Å². The fraction of sp³-hybridized carbons (Fsp3) is 0.385. The summed E-state index contributed by atoms with van der Waals surface area (Å²) in [4.78, 5) is 25.2. The summed E-state index contributed by atoms with van der Waals surface area (Å²) in [5, 5.41) is 0.370. The van der Waals surface area contributed by atoms with E-state index in [4.69, 9.17) is 11.6 Å². The number of hydrogen-bond donors (Lipinski definition) is 0. The lowest BCUT2D eigenvalue weighted by Crippen LogP contribution is -2.30. The van der Waals surface area contributed by atoms with Crippen LogP contribution in [0.1, 0.15) is 29.6 Å². The molecule has 1 heterocycles. The molecule has 1 aliphatic carbocycles. The minimum absolute atomic E-state index is 0.370. The molecule has 2 aliphatic rings. The fourth-order valence-corrected chi connectivity index (χ4v) is 2.50. The first-order valence-corrected chi connectivity index (χ1v) is 6.21. The Morgan fingerprint density at radius 2 is 2.06 bits per heavy atom. The zero-order chi connectivity index (χ0) is 12.0. The van der Waals surface area contributed by atoms with Crippen LogP contribution in [-0.4, -0.2) is 18.2 Å². The molecule has 17 heavy (non-hydrogen) atoms. The van der Waals surface area contributed by atoms with Gasteiger partial charge in [-0.3, -0.25) is 9.59 Å². The van der Waals surface area contributed by atoms with E-state index in [2.05, 4.69) is 0 Å². The molecule has 3 rings (SSSR count). The highest BCUT2D eigenvalue weighted by Crippen LogP contribution is 2.37. The first-order chi connectivity index (χ1) is 8.18. The maximum absolute atomic E-state index is 11.9. The molecular weight excluding hydrogens is 238 g/mol. The van der Waals surface area contributed by atoms with Gasteiger partial charge in [-0.2, -0.15) is 0 Å². The van der Waals surface area contributed by atoms with Crippen LogP contribution >= 0.6 is 11.6 Å². The minimum atomic E-state index is -0.471. The standard InChI is InChI=1S/C13H12ClNO2/c14-9-2-1-3-10-11(9)12(16)13(17)15(10)7-6-8-4-5-8/h1-3,8H,4-7H2. The third-order valence-electron chi connectivity index (χ3n) is 3.41. The molecule has 1 aromatic carbocycles. The summed E-state index contributed by atoms with van der Waals surface area (Å²) in [7, 11) is 0. The first-order valence-electron chi connectivity index (χ1n) is 5.83. The Labute approximate surface area is 104 Å². The van der Waals surface area contributed by atoms with Crippen molar-refractivity contribution in [3.63, 3.8) is 0 Å². The van der Waals surface area contributed by atoms with Crippen molar-refractivity contribution in [2.75, 3.05) is 11.4 Å². The summed E-state index contributed by atoms with van der Waals surface area (Å²) in [6, 6.07) is 5.21. The second kappa shape index (κ2) is 3.84. The lowest BCUT2D eigenvalue weighted by atomic mass is 10.1. The van der Waals surface area contributed by atoms with E-state index < -0.39 is 11.7 Å². The Bertz CT molecular complexity index is 508. The summed E-state index contributed by atoms with van der Waals surface area (Å²) in [6.07, 6.45) is 3.47. The molecule has 0 N–H and O–H groups in total. The lowest BCUT2D eigenvalue weighted by molar-refractivity contribution is -0.114. The Morgan fingerprint density at radius 1 is 1.29 bits per heavy atom. The van der Waals surface area contributed by atoms with E-state index in [9.17, 15) is 9.59 Å². The van der Waals surface area contributed by atoms with Crippen molar-refractivity contribution in [2.45, 2.75) is 19.3 Å². The molecule has 1 saturated carbocycles. The van der Waals surface area contributed by atoms with Crippen molar-refractivity contribution in [1.29, 1.82) is 0 Å². The molecule has 0 atom stereocenters. The van der Waals surface area contributed by atoms with E-state index in [1.807, 2.05) is 0 Å². The number of fused-ring (bicyclic) bond motifs is 1. The Kier molecular flexibility index (Phi) is 2.44. The largest absolute Gasteiger partial charge is 0.305 e. The molecule has 1 aromatic rings. The number of carbonyl (C=O) groups is 2. The number of anilines is 1. The maximum atomic E-state index is 11.9. The van der Waals surface area contributed by atoms with Crippen molar-refractivity contribution in [2.24, 2.45) is 5.92 Å². The topological polar surface area (TPSA) is 37.4 Å². The summed E-state index contributed by atoms with van der Waals surface area (Å²) in [5.74, 6) is -0.170. The van der Waals surface area contributed by atoms with Crippen LogP contribution in [0.4, 0.5) is 5.69 Å². The van der Waals surface area contributed by atoms with Crippen LogP contribution in [0.25, 0.3) is 0 Å². The van der Waals surface area contributed by atoms with Crippen LogP contribution in [0.2, 0.25) is 5.02 Å². The lowest BCUT2D eigenvalue weighted by Gasteiger charge is -2.16. The van der Waals surface area contributed by atoms with Gasteiger partial charge in [0.15, 0.2) is 0 Å². The molecule has 0 saturated heterocycles. The molecule has 0 unspecified atom stereocenters. The molecule has 1 aliphatic heterocycles. The number of benzene rings is 1. The molecule has 0 radical (unpaired) electrons. The Balaban J connectivity index is 1.92. The maximum Gasteiger partial charge on any atom is 0.299 e. The number of carbonyl (C=O) groups excluding carboxylic acids is 2. The second-order valence-electron chi connectivity index (χ2n) is 4.65. The summed E-state index contributed by atoms with van der Waals surface area (Å²) >= 11 is 5.97. The summed E-state index contributed by atoms with van der Waals surface area (Å²) in [6.45, 7) is 0.628. The predicted molar refractivity (Wildman–Crippen MR) is 65.5 cm³/mol. The van der Waals surface area contributed by atoms with Gasteiger partial charge in [0.2, 0.25) is 0 Å². The average Bonchev–Trinajstić information content (AvgIpc) is 3.09. The third kappa shape index (κ3) is 1.75. The van der Waals surface area contributed by atoms with Crippen molar-refractivity contribution in [3.05, 3.63) is 28.8 Å². The monoisotopic (exact) mass is 249 g/mol. The van der Waals surface area contributed by atoms with Crippen LogP contribution < -0.4 is 4.90 Å². The van der Waals surface area contributed by atoms with Crippen LogP contribution in [-0.2, 0) is 4.79 Å². The van der Waals surface area contributed by atoms with Crippen LogP contribution in [0.3, 0.4) is 0 Å². The van der Waals surface area contributed by atoms with Gasteiger partial charge >= 0.3 is 0 Å². The smallest absolute Gasteiger partial charge is 0.299 e. The third-order valence-corrected chi connectivity index (χ3v) is 3.72. The number of nitrogens with zero attached hydrogens (tertiary/aromatic N) is 1. The van der Waals surface area contributed by atoms with Gasteiger partial charge in [0.1, 0.15) is 0 Å². The zero-order valence-electron chi connectivity index (χ0n) is 9.28. The molecule has 88 valence electrons. The van der Waals surface area contributed by atoms with Crippen molar-refractivity contribution < 1.29 is 9.59 Å². The van der Waals surface area contributed by atoms with Crippen molar-refractivity contribution in [1.82, 2.24) is 0 Å². The summed E-state index contributed by atoms with van der Waals surface area (Å²) < 4.78 is 0. The summed E-state index contributed by atoms with van der Waals surface area (Å²) in [5.41, 5.74) is 1.04. The normalized spacial score (nSPS) is 18.8. The van der Waals surface area contributed by atoms with Crippen molar-refractivity contribution in [3.8, 4) is 0 Å². The molecule has 0 spiro atoms. The zero-order valence-corrected chi connectivity index (χ0v) is 10.0. The Hall–Kier alpha value is -1.35. The van der Waals surface area contributed by atoms with Crippen molar-refractivity contribution >= 4 is 29.0 Å². The minimum Gasteiger partial charge on any atom is -0.305 e. The second-order valence-corrected chi connectivity index (χ2v) is 5.06. The highest BCUT2D eigenvalue weighted by atomic mass is 35.5. The van der Waals surface area contributed by atoms with E-state index in [1.165, 1.54) is 12.8 Å². The highest BCUT2D eigenvalue weighted by molar-refractivity contribution is 6.55. The number of amides is 1. The van der Waals surface area contributed by atoms with Gasteiger partial charge in [-0.05, 0) is 24.5 Å². The van der Waals surface area contributed by atoms with E-state index in [0.717, 1.165) is 12.3 Å². The fourth-order valence-electron chi connectivity index (χ4n) is 2.24. The number of hydrogen-bond acceptors (Lipinski definition) is 2. The van der Waals surface area contributed by atoms with Crippen LogP contribution in [0.5, 0.6) is 0 Å². The molecule has 3 nitrogen and oxygen atoms in total. The van der Waals surface area contributed by atoms with E-state index in [0.29, 0.717) is 22.8 Å². The SMILES string of the molecule is O=C1C(=O)N(CCC2CC2)c2cccc(Cl)c21. The van der Waals surface area contributed by atoms with Gasteiger partial charge in [-0.15, -0.1) is 0 Å². The number of Topliss-reactive ketones (excluding diaryl/α,β-unsaturated/α-hetero) is 1. The first kappa shape index (κ1) is 10.8. The van der Waals surface area contributed by atoms with Gasteiger partial charge in [0.05, 0.1) is 16.3 Å². The van der Waals surface area contributed by atoms with Gasteiger partial charge in [0, 0.05) is 6.54 Å². The molecule has 0 aromatic heterocycles. The molecule has 4 heteroatoms. The van der Waals surface area contributed by atoms with Gasteiger partial charge in [0.25, 0.3) is 11.7 Å². The predicted octanol–water partition coefficient (Wildman–Crippen LogP) is 2.67. The molecule has 1 fully saturated rings. The quantitative estimate of drug-likeness (QED) is 0.773. The Morgan fingerprint density at radius 3 is 2.76 bits per heavy atom. The molecule has 1 amide bonds. The van der Waals surface area contributed by atoms with Gasteiger partial charge < -0.3 is 4.90 Å². The van der Waals surface area contributed by atoms with Gasteiger partial charge in [-0.1, -0.05) is 30.5 Å². The van der Waals surface area contributed by atoms with E-state index >= 15 is 0 Å². The van der Waals surface area contributed by atoms with Crippen LogP contribution in [0.15, 0.2) is 18.2 Å².